The van der Waals surface area contributed by atoms with Gasteiger partial charge in [0.1, 0.15) is 11.8 Å². The van der Waals surface area contributed by atoms with Gasteiger partial charge in [-0.05, 0) is 29.8 Å². The zero-order valence-electron chi connectivity index (χ0n) is 15.4. The minimum absolute atomic E-state index is 0.100. The second-order valence-electron chi connectivity index (χ2n) is 6.24. The third-order valence-electron chi connectivity index (χ3n) is 4.12. The highest BCUT2D eigenvalue weighted by atomic mass is 19.4. The van der Waals surface area contributed by atoms with Gasteiger partial charge in [-0.3, -0.25) is 9.59 Å². The van der Waals surface area contributed by atoms with Crippen LogP contribution in [-0.2, 0) is 23.6 Å². The quantitative estimate of drug-likeness (QED) is 0.683. The number of primary amides is 1. The van der Waals surface area contributed by atoms with Crippen LogP contribution in [0.4, 0.5) is 26.3 Å². The summed E-state index contributed by atoms with van der Waals surface area (Å²) in [7, 11) is 1.36. The number of carbonyl (C=O) groups excluding carboxylic acids is 2. The van der Waals surface area contributed by atoms with E-state index in [-0.39, 0.29) is 24.6 Å². The lowest BCUT2D eigenvalue weighted by Gasteiger charge is -2.18. The fourth-order valence-corrected chi connectivity index (χ4v) is 2.64. The molecule has 5 nitrogen and oxygen atoms in total. The van der Waals surface area contributed by atoms with E-state index in [4.69, 9.17) is 10.5 Å². The summed E-state index contributed by atoms with van der Waals surface area (Å²) in [6.45, 7) is 0. The van der Waals surface area contributed by atoms with Gasteiger partial charge in [0.25, 0.3) is 5.91 Å². The third-order valence-corrected chi connectivity index (χ3v) is 4.12. The molecule has 0 saturated heterocycles. The lowest BCUT2D eigenvalue weighted by molar-refractivity contribution is -0.143. The molecule has 30 heavy (non-hydrogen) atoms. The summed E-state index contributed by atoms with van der Waals surface area (Å²) < 4.78 is 83.0. The van der Waals surface area contributed by atoms with Crippen LogP contribution in [0.1, 0.15) is 27.0 Å². The molecule has 0 aliphatic rings. The summed E-state index contributed by atoms with van der Waals surface area (Å²) in [6, 6.07) is 5.42. The topological polar surface area (TPSA) is 81.4 Å². The number of hydrogen-bond acceptors (Lipinski definition) is 3. The zero-order chi connectivity index (χ0) is 22.7. The summed E-state index contributed by atoms with van der Waals surface area (Å²) in [5.41, 5.74) is 1.48. The molecular formula is C19H16F6N2O3. The maximum atomic E-state index is 13.0. The number of ether oxygens (including phenoxy) is 1. The van der Waals surface area contributed by atoms with Crippen molar-refractivity contribution in [3.05, 3.63) is 64.7 Å². The summed E-state index contributed by atoms with van der Waals surface area (Å²) >= 11 is 0. The molecule has 2 rings (SSSR count). The molecule has 0 unspecified atom stereocenters. The highest BCUT2D eigenvalue weighted by molar-refractivity contribution is 5.97. The molecule has 2 aromatic rings. The molecule has 0 fully saturated rings. The molecule has 2 aromatic carbocycles. The Bertz CT molecular complexity index is 908. The van der Waals surface area contributed by atoms with E-state index in [0.29, 0.717) is 11.3 Å². The number of halogens is 6. The first kappa shape index (κ1) is 23.0. The van der Waals surface area contributed by atoms with E-state index < -0.39 is 46.9 Å². The van der Waals surface area contributed by atoms with Crippen molar-refractivity contribution in [2.24, 2.45) is 5.73 Å². The number of nitrogens with two attached hydrogens (primary N) is 1. The van der Waals surface area contributed by atoms with Crippen molar-refractivity contribution in [1.82, 2.24) is 5.32 Å². The predicted octanol–water partition coefficient (Wildman–Crippen LogP) is 3.56. The smallest absolute Gasteiger partial charge is 0.416 e. The molecule has 0 aliphatic heterocycles. The first-order valence-corrected chi connectivity index (χ1v) is 8.34. The molecule has 0 aliphatic carbocycles. The van der Waals surface area contributed by atoms with Crippen molar-refractivity contribution in [2.45, 2.75) is 24.8 Å². The van der Waals surface area contributed by atoms with E-state index in [1.807, 2.05) is 0 Å². The van der Waals surface area contributed by atoms with E-state index in [2.05, 4.69) is 5.32 Å². The first-order chi connectivity index (χ1) is 13.8. The molecule has 1 atom stereocenters. The number of rotatable bonds is 6. The average Bonchev–Trinajstić information content (AvgIpc) is 2.65. The van der Waals surface area contributed by atoms with Crippen LogP contribution in [0.3, 0.4) is 0 Å². The van der Waals surface area contributed by atoms with Crippen LogP contribution >= 0.6 is 0 Å². The molecule has 0 aromatic heterocycles. The summed E-state index contributed by atoms with van der Waals surface area (Å²) in [6.07, 6.45) is -10.4. The molecule has 0 spiro atoms. The number of carbonyl (C=O) groups is 2. The molecule has 0 radical (unpaired) electrons. The number of alkyl halides is 6. The molecule has 162 valence electrons. The summed E-state index contributed by atoms with van der Waals surface area (Å²) in [5, 5.41) is 2.09. The van der Waals surface area contributed by atoms with Gasteiger partial charge in [-0.25, -0.2) is 0 Å². The summed E-state index contributed by atoms with van der Waals surface area (Å²) in [4.78, 5) is 24.1. The Labute approximate surface area is 166 Å². The lowest BCUT2D eigenvalue weighted by Crippen LogP contribution is -2.46. The van der Waals surface area contributed by atoms with Crippen LogP contribution in [0, 0.1) is 0 Å². The van der Waals surface area contributed by atoms with Crippen molar-refractivity contribution in [3.8, 4) is 5.75 Å². The second kappa shape index (κ2) is 8.64. The molecule has 3 N–H and O–H groups in total. The molecule has 0 saturated carbocycles. The average molecular weight is 434 g/mol. The van der Waals surface area contributed by atoms with Gasteiger partial charge in [-0.1, -0.05) is 18.2 Å². The van der Waals surface area contributed by atoms with Gasteiger partial charge in [0.15, 0.2) is 0 Å². The maximum Gasteiger partial charge on any atom is 0.416 e. The highest BCUT2D eigenvalue weighted by Gasteiger charge is 2.37. The molecule has 2 amide bonds. The van der Waals surface area contributed by atoms with E-state index >= 15 is 0 Å². The van der Waals surface area contributed by atoms with Crippen molar-refractivity contribution in [3.63, 3.8) is 0 Å². The van der Waals surface area contributed by atoms with Gasteiger partial charge >= 0.3 is 12.4 Å². The fraction of sp³-hybridized carbons (Fsp3) is 0.263. The highest BCUT2D eigenvalue weighted by Crippen LogP contribution is 2.36. The Morgan fingerprint density at radius 3 is 2.00 bits per heavy atom. The van der Waals surface area contributed by atoms with E-state index in [0.717, 1.165) is 0 Å². The normalized spacial score (nSPS) is 12.9. The number of amides is 2. The van der Waals surface area contributed by atoms with Gasteiger partial charge < -0.3 is 15.8 Å². The molecular weight excluding hydrogens is 418 g/mol. The zero-order valence-corrected chi connectivity index (χ0v) is 15.4. The Morgan fingerprint density at radius 2 is 1.53 bits per heavy atom. The summed E-state index contributed by atoms with van der Waals surface area (Å²) in [5.74, 6) is -1.99. The van der Waals surface area contributed by atoms with Crippen molar-refractivity contribution in [1.29, 1.82) is 0 Å². The van der Waals surface area contributed by atoms with E-state index in [9.17, 15) is 35.9 Å². The largest absolute Gasteiger partial charge is 0.496 e. The number of hydrogen-bond donors (Lipinski definition) is 2. The van der Waals surface area contributed by atoms with Crippen molar-refractivity contribution >= 4 is 11.8 Å². The fourth-order valence-electron chi connectivity index (χ4n) is 2.64. The Kier molecular flexibility index (Phi) is 6.63. The van der Waals surface area contributed by atoms with Crippen LogP contribution in [-0.4, -0.2) is 25.0 Å². The van der Waals surface area contributed by atoms with Crippen LogP contribution in [0.15, 0.2) is 42.5 Å². The van der Waals surface area contributed by atoms with E-state index in [1.165, 1.54) is 7.11 Å². The molecule has 0 bridgehead atoms. The van der Waals surface area contributed by atoms with Gasteiger partial charge in [0.05, 0.1) is 18.2 Å². The molecule has 0 heterocycles. The van der Waals surface area contributed by atoms with Gasteiger partial charge in [0.2, 0.25) is 5.91 Å². The van der Waals surface area contributed by atoms with Crippen molar-refractivity contribution < 1.29 is 40.7 Å². The number of nitrogens with one attached hydrogen (secondary N) is 1. The minimum Gasteiger partial charge on any atom is -0.496 e. The monoisotopic (exact) mass is 434 g/mol. The lowest BCUT2D eigenvalue weighted by atomic mass is 10.0. The van der Waals surface area contributed by atoms with Crippen LogP contribution in [0.5, 0.6) is 5.75 Å². The SMILES string of the molecule is COc1ccccc1C[C@H](NC(=O)c1cc(C(F)(F)F)cc(C(F)(F)F)c1)C(N)=O. The van der Waals surface area contributed by atoms with Gasteiger partial charge in [0, 0.05) is 12.0 Å². The standard InChI is InChI=1S/C19H16F6N2O3/c1-30-15-5-3-2-4-10(15)8-14(16(26)28)27-17(29)11-6-12(18(20,21)22)9-13(7-11)19(23,24)25/h2-7,9,14H,8H2,1H3,(H2,26,28)(H,27,29)/t14-/m0/s1. The first-order valence-electron chi connectivity index (χ1n) is 8.34. The third kappa shape index (κ3) is 5.65. The Hall–Kier alpha value is -3.24. The van der Waals surface area contributed by atoms with E-state index in [1.54, 1.807) is 24.3 Å². The van der Waals surface area contributed by atoms with Crippen LogP contribution < -0.4 is 15.8 Å². The minimum atomic E-state index is -5.11. The second-order valence-corrected chi connectivity index (χ2v) is 6.24. The van der Waals surface area contributed by atoms with Crippen LogP contribution in [0.25, 0.3) is 0 Å². The maximum absolute atomic E-state index is 13.0. The van der Waals surface area contributed by atoms with Crippen molar-refractivity contribution in [2.75, 3.05) is 7.11 Å². The predicted molar refractivity (Wildman–Crippen MR) is 93.6 cm³/mol. The number of para-hydroxylation sites is 1. The van der Waals surface area contributed by atoms with Crippen LogP contribution in [0.2, 0.25) is 0 Å². The molecule has 11 heteroatoms. The van der Waals surface area contributed by atoms with Gasteiger partial charge in [-0.15, -0.1) is 0 Å². The van der Waals surface area contributed by atoms with Gasteiger partial charge in [-0.2, -0.15) is 26.3 Å². The number of benzene rings is 2. The Morgan fingerprint density at radius 1 is 1.00 bits per heavy atom. The Balaban J connectivity index is 2.37. The number of methoxy groups -OCH3 is 1.